The Kier molecular flexibility index (Phi) is 32.2. The van der Waals surface area contributed by atoms with E-state index >= 15 is 14.4 Å². The van der Waals surface area contributed by atoms with Crippen molar-refractivity contribution in [3.63, 3.8) is 0 Å². The van der Waals surface area contributed by atoms with Gasteiger partial charge in [0.25, 0.3) is 0 Å². The lowest BCUT2D eigenvalue weighted by Gasteiger charge is -2.32. The number of benzene rings is 3. The predicted molar refractivity (Wildman–Crippen MR) is 405 cm³/mol. The van der Waals surface area contributed by atoms with Crippen LogP contribution in [0.1, 0.15) is 141 Å². The highest BCUT2D eigenvalue weighted by molar-refractivity contribution is 6.00. The van der Waals surface area contributed by atoms with Gasteiger partial charge >= 0.3 is 0 Å². The normalized spacial score (nSPS) is 16.7. The molecule has 0 saturated carbocycles. The molecule has 33 heteroatoms. The summed E-state index contributed by atoms with van der Waals surface area (Å²) in [6.07, 6.45) is 4.13. The quantitative estimate of drug-likeness (QED) is 0.0128. The van der Waals surface area contributed by atoms with Crippen LogP contribution in [-0.4, -0.2) is 195 Å². The van der Waals surface area contributed by atoms with Crippen molar-refractivity contribution in [2.75, 3.05) is 26.2 Å². The molecule has 2 aliphatic rings. The van der Waals surface area contributed by atoms with Crippen molar-refractivity contribution in [3.8, 4) is 0 Å². The summed E-state index contributed by atoms with van der Waals surface area (Å²) in [7, 11) is 0. The standard InChI is InChI=1S/C75H108N20O13/c1-42(2)35-55(64(80)98)89-67(101)56(36-43(3)4)90-69(103)59(39-46-41-85-51-23-11-9-20-48(46)51)93-68(102)57(37-44-17-6-5-7-18-44)91-70(104)58(38-45-40-84-50-22-10-8-19-47(45)50)92-66(100)52(27-29-62(78)96)86-65(99)53(28-30-63(79)97)87-71(105)61-26-16-34-95(61)74(108)54(24-12-13-31-76)88-72(106)60-25-15-33-94(60)73(107)49(77)21-14-32-83-75(81)82/h5-11,17-20,22-23,40-43,49,52-61,84-85H,12-16,21,24-39,76-77H2,1-4H3,(H2,78,96)(H2,79,97)(H2,80,98)(H,86,99)(H,87,105)(H,88,106)(H,89,101)(H,90,103)(H,91,104)(H,92,100)(H,93,102)(H4,81,82,83)/t49-,52?,53+,54+,55+,56?,57+,58-,59-,60?,61?/m1/s1. The number of rotatable bonds is 43. The first-order valence-corrected chi connectivity index (χ1v) is 37.1. The molecule has 2 fully saturated rings. The summed E-state index contributed by atoms with van der Waals surface area (Å²) in [5.41, 5.74) is 43.1. The first-order chi connectivity index (χ1) is 51.5. The summed E-state index contributed by atoms with van der Waals surface area (Å²) in [5, 5.41) is 23.5. The molecule has 0 radical (unpaired) electrons. The molecule has 0 aliphatic carbocycles. The smallest absolute Gasteiger partial charge is 0.245 e. The number of para-hydroxylation sites is 2. The van der Waals surface area contributed by atoms with Gasteiger partial charge < -0.3 is 102 Å². The monoisotopic (exact) mass is 1500 g/mol. The number of guanidine groups is 1. The molecule has 2 saturated heterocycles. The highest BCUT2D eigenvalue weighted by Gasteiger charge is 2.43. The number of amides is 13. The van der Waals surface area contributed by atoms with Crippen molar-refractivity contribution in [2.24, 2.45) is 57.0 Å². The summed E-state index contributed by atoms with van der Waals surface area (Å²) >= 11 is 0. The summed E-state index contributed by atoms with van der Waals surface area (Å²) < 4.78 is 0. The Morgan fingerprint density at radius 2 is 0.880 bits per heavy atom. The number of likely N-dealkylation sites (tertiary alicyclic amines) is 2. The predicted octanol–water partition coefficient (Wildman–Crippen LogP) is -0.844. The Balaban J connectivity index is 1.15. The van der Waals surface area contributed by atoms with Crippen LogP contribution < -0.4 is 82.7 Å². The van der Waals surface area contributed by atoms with Crippen LogP contribution in [0, 0.1) is 11.8 Å². The lowest BCUT2D eigenvalue weighted by molar-refractivity contribution is -0.144. The molecule has 2 aromatic heterocycles. The van der Waals surface area contributed by atoms with Crippen LogP contribution in [0.25, 0.3) is 21.8 Å². The van der Waals surface area contributed by atoms with E-state index in [2.05, 4.69) is 57.5 Å². The maximum absolute atomic E-state index is 15.4. The number of hydrogen-bond acceptors (Lipinski definition) is 16. The zero-order chi connectivity index (χ0) is 78.7. The summed E-state index contributed by atoms with van der Waals surface area (Å²) in [6, 6.07) is 8.67. The van der Waals surface area contributed by atoms with Gasteiger partial charge in [0, 0.05) is 85.9 Å². The highest BCUT2D eigenvalue weighted by atomic mass is 16.2. The molecule has 108 heavy (non-hydrogen) atoms. The van der Waals surface area contributed by atoms with Gasteiger partial charge in [-0.1, -0.05) is 94.4 Å². The number of aromatic amines is 2. The molecular weight excluding hydrogens is 1390 g/mol. The number of nitrogens with zero attached hydrogens (tertiary/aromatic N) is 3. The van der Waals surface area contributed by atoms with Crippen LogP contribution >= 0.6 is 0 Å². The van der Waals surface area contributed by atoms with Gasteiger partial charge in [0.2, 0.25) is 76.8 Å². The zero-order valence-electron chi connectivity index (χ0n) is 61.9. The summed E-state index contributed by atoms with van der Waals surface area (Å²) in [5.74, 6) is -10.6. The second-order valence-corrected chi connectivity index (χ2v) is 28.7. The fraction of sp³-hybridized carbons (Fsp3) is 0.520. The first kappa shape index (κ1) is 84.3. The van der Waals surface area contributed by atoms with E-state index in [1.54, 1.807) is 73.1 Å². The Labute approximate surface area is 627 Å². The largest absolute Gasteiger partial charge is 0.370 e. The van der Waals surface area contributed by atoms with Crippen LogP contribution in [0.3, 0.4) is 0 Å². The van der Waals surface area contributed by atoms with Gasteiger partial charge in [-0.25, -0.2) is 0 Å². The SMILES string of the molecule is CC(C)CC(NC(=O)[C@@H](Cc1c[nH]c2ccccc12)NC(=O)[C@H](Cc1ccccc1)NC(=O)[C@@H](Cc1c[nH]c2ccccc12)NC(=O)C(CCC(N)=O)NC(=O)[C@H](CCC(N)=O)NC(=O)C1CCCN1C(=O)[C@H](CCCCN)NC(=O)C1CCCN1C(=O)[C@H](N)CCCN=C(N)N)C(=O)N[C@@H](CC(C)C)C(N)=O. The minimum Gasteiger partial charge on any atom is -0.370 e. The maximum Gasteiger partial charge on any atom is 0.245 e. The molecule has 0 spiro atoms. The lowest BCUT2D eigenvalue weighted by Crippen LogP contribution is -2.61. The molecule has 11 atom stereocenters. The van der Waals surface area contributed by atoms with Crippen LogP contribution in [0.4, 0.5) is 0 Å². The Hall–Kier alpha value is -11.0. The van der Waals surface area contributed by atoms with Gasteiger partial charge in [0.1, 0.15) is 60.4 Å². The number of aliphatic imine (C=N–C) groups is 1. The van der Waals surface area contributed by atoms with Crippen LogP contribution in [0.5, 0.6) is 0 Å². The van der Waals surface area contributed by atoms with Crippen molar-refractivity contribution in [1.29, 1.82) is 0 Å². The molecule has 7 rings (SSSR count). The number of H-pyrrole nitrogens is 2. The Morgan fingerprint density at radius 1 is 0.463 bits per heavy atom. The average Bonchev–Trinajstić information content (AvgIpc) is 1.64. The van der Waals surface area contributed by atoms with Gasteiger partial charge in [0.05, 0.1) is 6.04 Å². The maximum atomic E-state index is 15.4. The second kappa shape index (κ2) is 41.2. The fourth-order valence-corrected chi connectivity index (χ4v) is 13.6. The number of primary amides is 3. The Morgan fingerprint density at radius 3 is 1.36 bits per heavy atom. The van der Waals surface area contributed by atoms with Crippen LogP contribution in [-0.2, 0) is 81.6 Å². The zero-order valence-corrected chi connectivity index (χ0v) is 61.9. The van der Waals surface area contributed by atoms with E-state index in [-0.39, 0.29) is 95.3 Å². The minimum absolute atomic E-state index is 0.0342. The van der Waals surface area contributed by atoms with Gasteiger partial charge in [-0.2, -0.15) is 0 Å². The van der Waals surface area contributed by atoms with E-state index in [1.807, 2.05) is 45.9 Å². The number of nitrogens with one attached hydrogen (secondary N) is 10. The van der Waals surface area contributed by atoms with Crippen molar-refractivity contribution in [1.82, 2.24) is 62.3 Å². The van der Waals surface area contributed by atoms with Crippen molar-refractivity contribution in [3.05, 3.63) is 108 Å². The van der Waals surface area contributed by atoms with Gasteiger partial charge in [0.15, 0.2) is 5.96 Å². The number of hydrogen-bond donors (Lipinski definition) is 17. The molecule has 4 heterocycles. The highest BCUT2D eigenvalue weighted by Crippen LogP contribution is 2.26. The third-order valence-corrected chi connectivity index (χ3v) is 19.2. The van der Waals surface area contributed by atoms with E-state index in [1.165, 1.54) is 9.80 Å². The molecule has 4 unspecified atom stereocenters. The molecule has 0 bridgehead atoms. The van der Waals surface area contributed by atoms with E-state index in [9.17, 15) is 47.9 Å². The minimum atomic E-state index is -1.69. The number of fused-ring (bicyclic) bond motifs is 2. The third kappa shape index (κ3) is 25.1. The second-order valence-electron chi connectivity index (χ2n) is 28.7. The topological polar surface area (TPSA) is 551 Å². The average molecular weight is 1500 g/mol. The molecule has 24 N–H and O–H groups in total. The molecule has 2 aliphatic heterocycles. The summed E-state index contributed by atoms with van der Waals surface area (Å²) in [6.45, 7) is 8.24. The van der Waals surface area contributed by atoms with Crippen molar-refractivity contribution in [2.45, 2.75) is 210 Å². The lowest BCUT2D eigenvalue weighted by atomic mass is 9.98. The molecule has 13 amide bonds. The molecule has 586 valence electrons. The van der Waals surface area contributed by atoms with Crippen molar-refractivity contribution >= 4 is 105 Å². The molecular formula is C75H108N20O13. The number of nitrogens with two attached hydrogens (primary N) is 7. The summed E-state index contributed by atoms with van der Waals surface area (Å²) in [4.78, 5) is 197. The fourth-order valence-electron chi connectivity index (χ4n) is 13.6. The Bertz CT molecular complexity index is 3990. The first-order valence-electron chi connectivity index (χ1n) is 37.1. The number of unbranched alkanes of at least 4 members (excludes halogenated alkanes) is 1. The number of carbonyl (C=O) groups excluding carboxylic acids is 13. The molecule has 5 aromatic rings. The van der Waals surface area contributed by atoms with E-state index in [0.29, 0.717) is 66.1 Å². The molecule has 3 aromatic carbocycles. The third-order valence-electron chi connectivity index (χ3n) is 19.2. The van der Waals surface area contributed by atoms with E-state index in [4.69, 9.17) is 40.1 Å². The van der Waals surface area contributed by atoms with Crippen LogP contribution in [0.15, 0.2) is 96.2 Å². The van der Waals surface area contributed by atoms with E-state index < -0.39 is 169 Å². The number of aromatic nitrogens is 2. The van der Waals surface area contributed by atoms with Crippen LogP contribution in [0.2, 0.25) is 0 Å². The van der Waals surface area contributed by atoms with Gasteiger partial charge in [-0.05, 0) is 131 Å². The number of carbonyl (C=O) groups is 13. The van der Waals surface area contributed by atoms with Gasteiger partial charge in [-0.15, -0.1) is 0 Å². The van der Waals surface area contributed by atoms with Gasteiger partial charge in [-0.3, -0.25) is 67.3 Å². The van der Waals surface area contributed by atoms with E-state index in [0.717, 1.165) is 10.9 Å². The molecule has 33 nitrogen and oxygen atoms in total. The van der Waals surface area contributed by atoms with Crippen molar-refractivity contribution < 1.29 is 62.3 Å².